The Bertz CT molecular complexity index is 425. The zero-order valence-corrected chi connectivity index (χ0v) is 10.3. The Hall–Kier alpha value is -1.91. The van der Waals surface area contributed by atoms with Gasteiger partial charge in [-0.05, 0) is 18.4 Å². The second-order valence-corrected chi connectivity index (χ2v) is 4.48. The lowest BCUT2D eigenvalue weighted by atomic mass is 9.73. The Labute approximate surface area is 106 Å². The minimum Gasteiger partial charge on any atom is -0.468 e. The highest BCUT2D eigenvalue weighted by Gasteiger charge is 2.44. The standard InChI is InChI=1S/C13H16N2O3/c1-18-12(16)13(11-5-3-2-4-6-11)7-9-15(14-17)10-8-13/h2-6H,7-10H2,1H3. The molecule has 18 heavy (non-hydrogen) atoms. The number of esters is 1. The molecule has 96 valence electrons. The van der Waals surface area contributed by atoms with Crippen LogP contribution in [-0.2, 0) is 14.9 Å². The number of carbonyl (C=O) groups excluding carboxylic acids is 1. The second kappa shape index (κ2) is 5.16. The molecule has 0 amide bonds. The van der Waals surface area contributed by atoms with Crippen LogP contribution < -0.4 is 0 Å². The number of benzene rings is 1. The first-order valence-corrected chi connectivity index (χ1v) is 5.95. The van der Waals surface area contributed by atoms with Crippen LogP contribution in [0.25, 0.3) is 0 Å². The maximum Gasteiger partial charge on any atom is 0.316 e. The number of carbonyl (C=O) groups is 1. The number of hydrogen-bond donors (Lipinski definition) is 0. The highest BCUT2D eigenvalue weighted by atomic mass is 16.5. The molecule has 1 aromatic rings. The summed E-state index contributed by atoms with van der Waals surface area (Å²) in [6.45, 7) is 0.959. The van der Waals surface area contributed by atoms with Crippen molar-refractivity contribution in [2.24, 2.45) is 5.29 Å². The number of nitrogens with zero attached hydrogens (tertiary/aromatic N) is 2. The number of hydrogen-bond acceptors (Lipinski definition) is 4. The van der Waals surface area contributed by atoms with E-state index in [4.69, 9.17) is 4.74 Å². The zero-order chi connectivity index (χ0) is 13.0. The van der Waals surface area contributed by atoms with Gasteiger partial charge in [0.1, 0.15) is 0 Å². The molecule has 1 heterocycles. The summed E-state index contributed by atoms with van der Waals surface area (Å²) in [6.07, 6.45) is 1.10. The average Bonchev–Trinajstić information content (AvgIpc) is 2.47. The van der Waals surface area contributed by atoms with E-state index in [0.717, 1.165) is 5.56 Å². The topological polar surface area (TPSA) is 59.0 Å². The largest absolute Gasteiger partial charge is 0.468 e. The van der Waals surface area contributed by atoms with Crippen molar-refractivity contribution in [3.8, 4) is 0 Å². The van der Waals surface area contributed by atoms with E-state index in [-0.39, 0.29) is 5.97 Å². The van der Waals surface area contributed by atoms with Crippen LogP contribution in [0.3, 0.4) is 0 Å². The van der Waals surface area contributed by atoms with Crippen LogP contribution >= 0.6 is 0 Å². The Morgan fingerprint density at radius 3 is 2.39 bits per heavy atom. The molecule has 1 aliphatic rings. The van der Waals surface area contributed by atoms with E-state index in [1.165, 1.54) is 12.1 Å². The van der Waals surface area contributed by atoms with Gasteiger partial charge in [0.15, 0.2) is 0 Å². The summed E-state index contributed by atoms with van der Waals surface area (Å²) in [7, 11) is 1.40. The monoisotopic (exact) mass is 248 g/mol. The van der Waals surface area contributed by atoms with E-state index in [9.17, 15) is 9.70 Å². The smallest absolute Gasteiger partial charge is 0.316 e. The van der Waals surface area contributed by atoms with Crippen LogP contribution in [0.5, 0.6) is 0 Å². The Morgan fingerprint density at radius 1 is 1.28 bits per heavy atom. The van der Waals surface area contributed by atoms with Crippen LogP contribution in [0.2, 0.25) is 0 Å². The van der Waals surface area contributed by atoms with Gasteiger partial charge in [-0.2, -0.15) is 0 Å². The number of ether oxygens (including phenoxy) is 1. The summed E-state index contributed by atoms with van der Waals surface area (Å²) < 4.78 is 4.95. The molecule has 0 bridgehead atoms. The highest BCUT2D eigenvalue weighted by molar-refractivity contribution is 5.83. The summed E-state index contributed by atoms with van der Waals surface area (Å²) in [6, 6.07) is 9.59. The second-order valence-electron chi connectivity index (χ2n) is 4.48. The molecule has 0 atom stereocenters. The lowest BCUT2D eigenvalue weighted by molar-refractivity contribution is -0.149. The van der Waals surface area contributed by atoms with Crippen LogP contribution in [0.15, 0.2) is 35.6 Å². The van der Waals surface area contributed by atoms with Gasteiger partial charge in [0.2, 0.25) is 0 Å². The van der Waals surface area contributed by atoms with Crippen LogP contribution in [0.4, 0.5) is 0 Å². The number of piperidine rings is 1. The molecule has 2 rings (SSSR count). The molecule has 0 saturated carbocycles. The summed E-state index contributed by atoms with van der Waals surface area (Å²) in [5, 5.41) is 4.37. The lowest BCUT2D eigenvalue weighted by Gasteiger charge is -2.37. The van der Waals surface area contributed by atoms with E-state index >= 15 is 0 Å². The predicted octanol–water partition coefficient (Wildman–Crippen LogP) is 1.87. The molecule has 0 aliphatic carbocycles. The van der Waals surface area contributed by atoms with E-state index in [2.05, 4.69) is 5.29 Å². The quantitative estimate of drug-likeness (QED) is 0.605. The molecule has 1 aromatic carbocycles. The van der Waals surface area contributed by atoms with Crippen molar-refractivity contribution in [2.75, 3.05) is 20.2 Å². The van der Waals surface area contributed by atoms with E-state index in [0.29, 0.717) is 25.9 Å². The van der Waals surface area contributed by atoms with Gasteiger partial charge in [-0.1, -0.05) is 30.3 Å². The molecule has 0 unspecified atom stereocenters. The number of rotatable bonds is 3. The van der Waals surface area contributed by atoms with Crippen molar-refractivity contribution in [1.29, 1.82) is 0 Å². The molecule has 0 N–H and O–H groups in total. The molecule has 0 aromatic heterocycles. The van der Waals surface area contributed by atoms with Crippen LogP contribution in [0, 0.1) is 4.91 Å². The normalized spacial score (nSPS) is 18.2. The Kier molecular flexibility index (Phi) is 3.60. The van der Waals surface area contributed by atoms with Gasteiger partial charge in [0, 0.05) is 13.1 Å². The maximum atomic E-state index is 12.1. The van der Waals surface area contributed by atoms with Gasteiger partial charge >= 0.3 is 5.97 Å². The molecule has 1 fully saturated rings. The molecule has 1 saturated heterocycles. The minimum absolute atomic E-state index is 0.237. The first kappa shape index (κ1) is 12.5. The van der Waals surface area contributed by atoms with Crippen molar-refractivity contribution >= 4 is 5.97 Å². The fourth-order valence-corrected chi connectivity index (χ4v) is 2.52. The van der Waals surface area contributed by atoms with Gasteiger partial charge in [-0.15, -0.1) is 4.91 Å². The molecule has 0 spiro atoms. The molecule has 0 radical (unpaired) electrons. The Morgan fingerprint density at radius 2 is 1.89 bits per heavy atom. The van der Waals surface area contributed by atoms with Crippen molar-refractivity contribution in [3.63, 3.8) is 0 Å². The van der Waals surface area contributed by atoms with Crippen molar-refractivity contribution in [1.82, 2.24) is 5.01 Å². The molecule has 5 heteroatoms. The average molecular weight is 248 g/mol. The lowest BCUT2D eigenvalue weighted by Crippen LogP contribution is -2.46. The summed E-state index contributed by atoms with van der Waals surface area (Å²) in [4.78, 5) is 22.6. The van der Waals surface area contributed by atoms with Crippen LogP contribution in [0.1, 0.15) is 18.4 Å². The Balaban J connectivity index is 2.32. The molecular formula is C13H16N2O3. The molecule has 5 nitrogen and oxygen atoms in total. The van der Waals surface area contributed by atoms with Crippen molar-refractivity contribution in [3.05, 3.63) is 40.8 Å². The van der Waals surface area contributed by atoms with Gasteiger partial charge in [0.05, 0.1) is 17.8 Å². The fraction of sp³-hybridized carbons (Fsp3) is 0.462. The van der Waals surface area contributed by atoms with Gasteiger partial charge < -0.3 is 4.74 Å². The zero-order valence-electron chi connectivity index (χ0n) is 10.3. The summed E-state index contributed by atoms with van der Waals surface area (Å²) in [5.74, 6) is -0.237. The molecular weight excluding hydrogens is 232 g/mol. The first-order chi connectivity index (χ1) is 8.73. The highest BCUT2D eigenvalue weighted by Crippen LogP contribution is 2.36. The number of methoxy groups -OCH3 is 1. The minimum atomic E-state index is -0.642. The van der Waals surface area contributed by atoms with E-state index in [1.807, 2.05) is 30.3 Å². The van der Waals surface area contributed by atoms with Gasteiger partial charge in [-0.3, -0.25) is 9.80 Å². The summed E-state index contributed by atoms with van der Waals surface area (Å²) in [5.41, 5.74) is 0.305. The third kappa shape index (κ3) is 2.08. The number of nitroso groups, excluding NO2 is 1. The predicted molar refractivity (Wildman–Crippen MR) is 66.7 cm³/mol. The van der Waals surface area contributed by atoms with Crippen molar-refractivity contribution < 1.29 is 9.53 Å². The maximum absolute atomic E-state index is 12.1. The van der Waals surface area contributed by atoms with Gasteiger partial charge in [-0.25, -0.2) is 0 Å². The van der Waals surface area contributed by atoms with Crippen LogP contribution in [-0.4, -0.2) is 31.2 Å². The summed E-state index contributed by atoms with van der Waals surface area (Å²) >= 11 is 0. The third-order valence-electron chi connectivity index (χ3n) is 3.61. The third-order valence-corrected chi connectivity index (χ3v) is 3.61. The SMILES string of the molecule is COC(=O)C1(c2ccccc2)CCN(N=O)CC1. The van der Waals surface area contributed by atoms with Crippen molar-refractivity contribution in [2.45, 2.75) is 18.3 Å². The first-order valence-electron chi connectivity index (χ1n) is 5.95. The molecule has 1 aliphatic heterocycles. The van der Waals surface area contributed by atoms with Gasteiger partial charge in [0.25, 0.3) is 0 Å². The van der Waals surface area contributed by atoms with E-state index < -0.39 is 5.41 Å². The fourth-order valence-electron chi connectivity index (χ4n) is 2.52. The van der Waals surface area contributed by atoms with E-state index in [1.54, 1.807) is 0 Å².